The molecule has 0 aliphatic carbocycles. The second-order valence-electron chi connectivity index (χ2n) is 4.41. The predicted octanol–water partition coefficient (Wildman–Crippen LogP) is 0.293. The number of carbonyl (C=O) groups excluding carboxylic acids is 2. The number of rotatable bonds is 5. The average Bonchev–Trinajstić information content (AvgIpc) is 2.45. The van der Waals surface area contributed by atoms with Crippen LogP contribution in [0, 0.1) is 0 Å². The fourth-order valence-corrected chi connectivity index (χ4v) is 1.92. The van der Waals surface area contributed by atoms with Crippen molar-refractivity contribution in [1.29, 1.82) is 0 Å². The van der Waals surface area contributed by atoms with Crippen molar-refractivity contribution < 1.29 is 19.5 Å². The van der Waals surface area contributed by atoms with Crippen molar-refractivity contribution >= 4 is 28.7 Å². The number of nitrogens with two attached hydrogens (primary N) is 1. The number of carboxylic acid groups (broad SMARTS) is 1. The minimum Gasteiger partial charge on any atom is -0.481 e. The van der Waals surface area contributed by atoms with Gasteiger partial charge in [-0.25, -0.2) is 0 Å². The zero-order valence-electron chi connectivity index (χ0n) is 10.9. The highest BCUT2D eigenvalue weighted by molar-refractivity contribution is 6.06. The van der Waals surface area contributed by atoms with E-state index in [9.17, 15) is 14.4 Å². The van der Waals surface area contributed by atoms with Gasteiger partial charge < -0.3 is 16.2 Å². The van der Waals surface area contributed by atoms with Crippen molar-refractivity contribution in [2.45, 2.75) is 12.5 Å². The molecule has 0 saturated carbocycles. The largest absolute Gasteiger partial charge is 0.481 e. The van der Waals surface area contributed by atoms with E-state index in [4.69, 9.17) is 10.8 Å². The molecule has 0 radical (unpaired) electrons. The SMILES string of the molecule is NC(=O)[C@@H](CC(=O)O)NC(=O)c1cccc2cccnc12. The first kappa shape index (κ1) is 14.4. The lowest BCUT2D eigenvalue weighted by atomic mass is 10.1. The van der Waals surface area contributed by atoms with Crippen molar-refractivity contribution in [2.24, 2.45) is 5.73 Å². The van der Waals surface area contributed by atoms with Crippen LogP contribution in [0.5, 0.6) is 0 Å². The predicted molar refractivity (Wildman–Crippen MR) is 74.4 cm³/mol. The van der Waals surface area contributed by atoms with E-state index in [1.165, 1.54) is 0 Å². The number of para-hydroxylation sites is 1. The van der Waals surface area contributed by atoms with Crippen LogP contribution in [0.3, 0.4) is 0 Å². The number of carbonyl (C=O) groups is 3. The number of primary amides is 1. The Morgan fingerprint density at radius 2 is 1.95 bits per heavy atom. The molecule has 7 nitrogen and oxygen atoms in total. The van der Waals surface area contributed by atoms with Crippen molar-refractivity contribution in [3.05, 3.63) is 42.1 Å². The number of nitrogens with zero attached hydrogens (tertiary/aromatic N) is 1. The Morgan fingerprint density at radius 1 is 1.24 bits per heavy atom. The molecule has 0 aliphatic heterocycles. The Hall–Kier alpha value is -2.96. The van der Waals surface area contributed by atoms with Crippen LogP contribution >= 0.6 is 0 Å². The maximum atomic E-state index is 12.2. The van der Waals surface area contributed by atoms with Crippen molar-refractivity contribution in [3.8, 4) is 0 Å². The van der Waals surface area contributed by atoms with Gasteiger partial charge in [0.15, 0.2) is 0 Å². The van der Waals surface area contributed by atoms with E-state index in [2.05, 4.69) is 10.3 Å². The fraction of sp³-hybridized carbons (Fsp3) is 0.143. The van der Waals surface area contributed by atoms with Crippen molar-refractivity contribution in [1.82, 2.24) is 10.3 Å². The van der Waals surface area contributed by atoms with Crippen LogP contribution in [0.4, 0.5) is 0 Å². The van der Waals surface area contributed by atoms with E-state index in [0.29, 0.717) is 5.52 Å². The maximum Gasteiger partial charge on any atom is 0.305 e. The van der Waals surface area contributed by atoms with Crippen LogP contribution in [-0.4, -0.2) is 33.9 Å². The van der Waals surface area contributed by atoms with Gasteiger partial charge in [-0.1, -0.05) is 18.2 Å². The fourth-order valence-electron chi connectivity index (χ4n) is 1.92. The van der Waals surface area contributed by atoms with Crippen LogP contribution in [0.1, 0.15) is 16.8 Å². The minimum absolute atomic E-state index is 0.254. The summed E-state index contributed by atoms with van der Waals surface area (Å²) < 4.78 is 0. The highest BCUT2D eigenvalue weighted by atomic mass is 16.4. The molecule has 1 heterocycles. The summed E-state index contributed by atoms with van der Waals surface area (Å²) in [4.78, 5) is 38.2. The van der Waals surface area contributed by atoms with Gasteiger partial charge in [-0.15, -0.1) is 0 Å². The molecule has 0 saturated heterocycles. The molecule has 0 spiro atoms. The quantitative estimate of drug-likeness (QED) is 0.729. The number of nitrogens with one attached hydrogen (secondary N) is 1. The first-order chi connectivity index (χ1) is 9.99. The third kappa shape index (κ3) is 3.33. The number of amides is 2. The molecule has 1 aromatic heterocycles. The second kappa shape index (κ2) is 6.00. The second-order valence-corrected chi connectivity index (χ2v) is 4.41. The molecule has 4 N–H and O–H groups in total. The summed E-state index contributed by atoms with van der Waals surface area (Å²) in [5.74, 6) is -2.72. The van der Waals surface area contributed by atoms with E-state index >= 15 is 0 Å². The summed E-state index contributed by atoms with van der Waals surface area (Å²) in [6, 6.07) is 7.28. The first-order valence-corrected chi connectivity index (χ1v) is 6.14. The summed E-state index contributed by atoms with van der Waals surface area (Å²) in [6.45, 7) is 0. The van der Waals surface area contributed by atoms with Crippen molar-refractivity contribution in [2.75, 3.05) is 0 Å². The highest BCUT2D eigenvalue weighted by Crippen LogP contribution is 2.16. The van der Waals surface area contributed by atoms with E-state index in [1.54, 1.807) is 36.5 Å². The van der Waals surface area contributed by atoms with Gasteiger partial charge in [0, 0.05) is 11.6 Å². The van der Waals surface area contributed by atoms with E-state index in [-0.39, 0.29) is 5.56 Å². The number of carboxylic acids is 1. The number of benzene rings is 1. The molecule has 2 aromatic rings. The van der Waals surface area contributed by atoms with Gasteiger partial charge in [0.05, 0.1) is 17.5 Å². The Labute approximate surface area is 119 Å². The third-order valence-electron chi connectivity index (χ3n) is 2.90. The van der Waals surface area contributed by atoms with Crippen LogP contribution in [0.2, 0.25) is 0 Å². The molecule has 0 fully saturated rings. The Kier molecular flexibility index (Phi) is 4.13. The number of hydrogen-bond donors (Lipinski definition) is 3. The zero-order valence-corrected chi connectivity index (χ0v) is 10.9. The Bertz CT molecular complexity index is 709. The summed E-state index contributed by atoms with van der Waals surface area (Å²) in [6.07, 6.45) is 0.973. The molecule has 7 heteroatoms. The molecular weight excluding hydrogens is 274 g/mol. The van der Waals surface area contributed by atoms with Gasteiger partial charge in [-0.05, 0) is 12.1 Å². The molecule has 2 rings (SSSR count). The molecule has 21 heavy (non-hydrogen) atoms. The van der Waals surface area contributed by atoms with Gasteiger partial charge in [0.25, 0.3) is 5.91 Å². The standard InChI is InChI=1S/C14H13N3O4/c15-13(20)10(7-11(18)19)17-14(21)9-5-1-3-8-4-2-6-16-12(8)9/h1-6,10H,7H2,(H2,15,20)(H,17,21)(H,18,19)/t10-/m1/s1. The molecule has 108 valence electrons. The molecule has 1 aromatic carbocycles. The number of aliphatic carboxylic acids is 1. The van der Waals surface area contributed by atoms with E-state index in [1.807, 2.05) is 0 Å². The van der Waals surface area contributed by atoms with Gasteiger partial charge in [0.1, 0.15) is 6.04 Å². The van der Waals surface area contributed by atoms with Gasteiger partial charge >= 0.3 is 5.97 Å². The van der Waals surface area contributed by atoms with Gasteiger partial charge in [-0.2, -0.15) is 0 Å². The highest BCUT2D eigenvalue weighted by Gasteiger charge is 2.22. The Balaban J connectivity index is 2.29. The number of hydrogen-bond acceptors (Lipinski definition) is 4. The number of aromatic nitrogens is 1. The lowest BCUT2D eigenvalue weighted by Gasteiger charge is -2.14. The summed E-state index contributed by atoms with van der Waals surface area (Å²) in [7, 11) is 0. The van der Waals surface area contributed by atoms with E-state index < -0.39 is 30.2 Å². The molecule has 0 bridgehead atoms. The summed E-state index contributed by atoms with van der Waals surface area (Å²) in [5.41, 5.74) is 5.81. The topological polar surface area (TPSA) is 122 Å². The average molecular weight is 287 g/mol. The summed E-state index contributed by atoms with van der Waals surface area (Å²) >= 11 is 0. The van der Waals surface area contributed by atoms with Crippen LogP contribution < -0.4 is 11.1 Å². The summed E-state index contributed by atoms with van der Waals surface area (Å²) in [5, 5.41) is 11.8. The number of pyridine rings is 1. The van der Waals surface area contributed by atoms with Crippen LogP contribution in [0.25, 0.3) is 10.9 Å². The van der Waals surface area contributed by atoms with E-state index in [0.717, 1.165) is 5.39 Å². The molecular formula is C14H13N3O4. The maximum absolute atomic E-state index is 12.2. The normalized spacial score (nSPS) is 11.8. The smallest absolute Gasteiger partial charge is 0.305 e. The molecule has 2 amide bonds. The monoisotopic (exact) mass is 287 g/mol. The minimum atomic E-state index is -1.27. The lowest BCUT2D eigenvalue weighted by Crippen LogP contribution is -2.45. The van der Waals surface area contributed by atoms with Crippen LogP contribution in [0.15, 0.2) is 36.5 Å². The molecule has 1 atom stereocenters. The molecule has 0 unspecified atom stereocenters. The lowest BCUT2D eigenvalue weighted by molar-refractivity contribution is -0.139. The van der Waals surface area contributed by atoms with Gasteiger partial charge in [-0.3, -0.25) is 19.4 Å². The first-order valence-electron chi connectivity index (χ1n) is 6.14. The molecule has 0 aliphatic rings. The van der Waals surface area contributed by atoms with Crippen LogP contribution in [-0.2, 0) is 9.59 Å². The van der Waals surface area contributed by atoms with Crippen molar-refractivity contribution in [3.63, 3.8) is 0 Å². The Morgan fingerprint density at radius 3 is 2.62 bits per heavy atom. The number of fused-ring (bicyclic) bond motifs is 1. The zero-order chi connectivity index (χ0) is 15.4. The van der Waals surface area contributed by atoms with Gasteiger partial charge in [0.2, 0.25) is 5.91 Å². The third-order valence-corrected chi connectivity index (χ3v) is 2.90.